The molecule has 0 saturated heterocycles. The Labute approximate surface area is 144 Å². The molecular formula is C19H23NO3S. The van der Waals surface area contributed by atoms with Crippen LogP contribution in [0.1, 0.15) is 25.3 Å². The highest BCUT2D eigenvalue weighted by molar-refractivity contribution is 7.91. The van der Waals surface area contributed by atoms with Gasteiger partial charge in [0.15, 0.2) is 9.84 Å². The van der Waals surface area contributed by atoms with Gasteiger partial charge in [0.25, 0.3) is 0 Å². The Bertz CT molecular complexity index is 743. The van der Waals surface area contributed by atoms with Crippen molar-refractivity contribution in [3.63, 3.8) is 0 Å². The topological polar surface area (TPSA) is 54.5 Å². The molecule has 0 fully saturated rings. The summed E-state index contributed by atoms with van der Waals surface area (Å²) in [6.07, 6.45) is 1.77. The van der Waals surface area contributed by atoms with E-state index in [-0.39, 0.29) is 11.7 Å². The smallest absolute Gasteiger partial charge is 0.242 e. The van der Waals surface area contributed by atoms with Gasteiger partial charge in [-0.05, 0) is 24.1 Å². The first-order valence-electron chi connectivity index (χ1n) is 8.11. The van der Waals surface area contributed by atoms with Crippen molar-refractivity contribution in [2.45, 2.75) is 25.5 Å². The van der Waals surface area contributed by atoms with Gasteiger partial charge in [-0.3, -0.25) is 4.79 Å². The zero-order chi connectivity index (χ0) is 17.4. The van der Waals surface area contributed by atoms with Gasteiger partial charge in [0.2, 0.25) is 5.91 Å². The Hall–Kier alpha value is -2.14. The van der Waals surface area contributed by atoms with Crippen molar-refractivity contribution in [3.8, 4) is 0 Å². The molecule has 2 rings (SSSR count). The van der Waals surface area contributed by atoms with E-state index in [1.807, 2.05) is 43.3 Å². The van der Waals surface area contributed by atoms with Crippen LogP contribution in [0.4, 0.5) is 5.69 Å². The molecule has 1 amide bonds. The molecule has 0 unspecified atom stereocenters. The second-order valence-corrected chi connectivity index (χ2v) is 7.82. The Kier molecular flexibility index (Phi) is 6.55. The van der Waals surface area contributed by atoms with Crippen molar-refractivity contribution in [2.24, 2.45) is 0 Å². The SMILES string of the molecule is CCCCN(C(=O)CS(=O)(=O)Cc1ccccc1)c1ccccc1. The number of hydrogen-bond acceptors (Lipinski definition) is 3. The van der Waals surface area contributed by atoms with Crippen molar-refractivity contribution in [1.82, 2.24) is 0 Å². The summed E-state index contributed by atoms with van der Waals surface area (Å²) < 4.78 is 24.7. The fourth-order valence-electron chi connectivity index (χ4n) is 2.47. The number of carbonyl (C=O) groups is 1. The number of sulfone groups is 1. The minimum absolute atomic E-state index is 0.115. The zero-order valence-electron chi connectivity index (χ0n) is 13.9. The number of carbonyl (C=O) groups excluding carboxylic acids is 1. The molecular weight excluding hydrogens is 322 g/mol. The lowest BCUT2D eigenvalue weighted by atomic mass is 10.2. The summed E-state index contributed by atoms with van der Waals surface area (Å²) in [5.41, 5.74) is 1.44. The summed E-state index contributed by atoms with van der Waals surface area (Å²) in [5.74, 6) is -0.957. The first-order chi connectivity index (χ1) is 11.5. The first-order valence-corrected chi connectivity index (χ1v) is 9.94. The summed E-state index contributed by atoms with van der Waals surface area (Å²) in [4.78, 5) is 14.2. The van der Waals surface area contributed by atoms with E-state index in [9.17, 15) is 13.2 Å². The number of amides is 1. The fourth-order valence-corrected chi connectivity index (χ4v) is 3.80. The van der Waals surface area contributed by atoms with Crippen molar-refractivity contribution >= 4 is 21.4 Å². The monoisotopic (exact) mass is 345 g/mol. The molecule has 0 spiro atoms. The maximum absolute atomic E-state index is 12.6. The number of nitrogens with zero attached hydrogens (tertiary/aromatic N) is 1. The zero-order valence-corrected chi connectivity index (χ0v) is 14.7. The fraction of sp³-hybridized carbons (Fsp3) is 0.316. The Morgan fingerprint density at radius 2 is 1.54 bits per heavy atom. The number of rotatable bonds is 8. The lowest BCUT2D eigenvalue weighted by Crippen LogP contribution is -2.36. The van der Waals surface area contributed by atoms with Crippen molar-refractivity contribution in [2.75, 3.05) is 17.2 Å². The highest BCUT2D eigenvalue weighted by Gasteiger charge is 2.23. The van der Waals surface area contributed by atoms with E-state index < -0.39 is 15.6 Å². The molecule has 0 radical (unpaired) electrons. The predicted octanol–water partition coefficient (Wildman–Crippen LogP) is 3.43. The molecule has 0 aliphatic rings. The largest absolute Gasteiger partial charge is 0.312 e. The van der Waals surface area contributed by atoms with E-state index in [0.29, 0.717) is 12.1 Å². The summed E-state index contributed by atoms with van der Waals surface area (Å²) in [6.45, 7) is 2.57. The van der Waals surface area contributed by atoms with E-state index >= 15 is 0 Å². The second kappa shape index (κ2) is 8.64. The molecule has 0 saturated carbocycles. The maximum atomic E-state index is 12.6. The molecule has 0 aliphatic heterocycles. The molecule has 0 atom stereocenters. The molecule has 0 bridgehead atoms. The van der Waals surface area contributed by atoms with Crippen LogP contribution in [-0.2, 0) is 20.4 Å². The molecule has 4 nitrogen and oxygen atoms in total. The van der Waals surface area contributed by atoms with Crippen LogP contribution < -0.4 is 4.90 Å². The van der Waals surface area contributed by atoms with Crippen molar-refractivity contribution < 1.29 is 13.2 Å². The average molecular weight is 345 g/mol. The Morgan fingerprint density at radius 3 is 2.12 bits per heavy atom. The van der Waals surface area contributed by atoms with E-state index in [1.54, 1.807) is 29.2 Å². The maximum Gasteiger partial charge on any atom is 0.242 e. The molecule has 2 aromatic rings. The van der Waals surface area contributed by atoms with Crippen LogP contribution in [0, 0.1) is 0 Å². The normalized spacial score (nSPS) is 11.2. The summed E-state index contributed by atoms with van der Waals surface area (Å²) in [7, 11) is -3.50. The minimum atomic E-state index is -3.50. The molecule has 5 heteroatoms. The van der Waals surface area contributed by atoms with Crippen LogP contribution in [0.25, 0.3) is 0 Å². The van der Waals surface area contributed by atoms with E-state index in [4.69, 9.17) is 0 Å². The number of para-hydroxylation sites is 1. The third-order valence-corrected chi connectivity index (χ3v) is 5.14. The van der Waals surface area contributed by atoms with Crippen LogP contribution in [0.15, 0.2) is 60.7 Å². The summed E-state index contributed by atoms with van der Waals surface area (Å²) in [6, 6.07) is 18.2. The van der Waals surface area contributed by atoms with Gasteiger partial charge in [-0.25, -0.2) is 8.42 Å². The van der Waals surface area contributed by atoms with E-state index in [1.165, 1.54) is 0 Å². The highest BCUT2D eigenvalue weighted by atomic mass is 32.2. The molecule has 0 N–H and O–H groups in total. The average Bonchev–Trinajstić information content (AvgIpc) is 2.56. The number of unbranched alkanes of at least 4 members (excludes halogenated alkanes) is 1. The predicted molar refractivity (Wildman–Crippen MR) is 97.6 cm³/mol. The van der Waals surface area contributed by atoms with E-state index in [2.05, 4.69) is 0 Å². The summed E-state index contributed by atoms with van der Waals surface area (Å²) in [5, 5.41) is 0. The molecule has 24 heavy (non-hydrogen) atoms. The van der Waals surface area contributed by atoms with Crippen LogP contribution >= 0.6 is 0 Å². The summed E-state index contributed by atoms with van der Waals surface area (Å²) >= 11 is 0. The molecule has 0 aromatic heterocycles. The Morgan fingerprint density at radius 1 is 0.958 bits per heavy atom. The van der Waals surface area contributed by atoms with Crippen molar-refractivity contribution in [1.29, 1.82) is 0 Å². The highest BCUT2D eigenvalue weighted by Crippen LogP contribution is 2.16. The van der Waals surface area contributed by atoms with Gasteiger partial charge < -0.3 is 4.90 Å². The quantitative estimate of drug-likeness (QED) is 0.736. The Balaban J connectivity index is 2.11. The number of hydrogen-bond donors (Lipinski definition) is 0. The van der Waals surface area contributed by atoms with Crippen LogP contribution in [0.2, 0.25) is 0 Å². The lowest BCUT2D eigenvalue weighted by molar-refractivity contribution is -0.116. The van der Waals surface area contributed by atoms with Gasteiger partial charge in [0.05, 0.1) is 5.75 Å². The van der Waals surface area contributed by atoms with Gasteiger partial charge in [0.1, 0.15) is 5.75 Å². The lowest BCUT2D eigenvalue weighted by Gasteiger charge is -2.22. The third kappa shape index (κ3) is 5.49. The van der Waals surface area contributed by atoms with Crippen LogP contribution in [0.3, 0.4) is 0 Å². The van der Waals surface area contributed by atoms with Crippen molar-refractivity contribution in [3.05, 3.63) is 66.2 Å². The van der Waals surface area contributed by atoms with Gasteiger partial charge in [-0.15, -0.1) is 0 Å². The second-order valence-electron chi connectivity index (χ2n) is 5.75. The minimum Gasteiger partial charge on any atom is -0.312 e. The van der Waals surface area contributed by atoms with Gasteiger partial charge >= 0.3 is 0 Å². The molecule has 2 aromatic carbocycles. The van der Waals surface area contributed by atoms with Crippen LogP contribution in [0.5, 0.6) is 0 Å². The van der Waals surface area contributed by atoms with Gasteiger partial charge in [-0.2, -0.15) is 0 Å². The molecule has 0 heterocycles. The molecule has 0 aliphatic carbocycles. The molecule has 128 valence electrons. The van der Waals surface area contributed by atoms with E-state index in [0.717, 1.165) is 18.5 Å². The number of anilines is 1. The third-order valence-electron chi connectivity index (χ3n) is 3.68. The van der Waals surface area contributed by atoms with Gasteiger partial charge in [-0.1, -0.05) is 61.9 Å². The first kappa shape index (κ1) is 18.2. The number of benzene rings is 2. The van der Waals surface area contributed by atoms with Crippen LogP contribution in [-0.4, -0.2) is 26.6 Å². The van der Waals surface area contributed by atoms with Gasteiger partial charge in [0, 0.05) is 12.2 Å². The standard InChI is InChI=1S/C19H23NO3S/c1-2-3-14-20(18-12-8-5-9-13-18)19(21)16-24(22,23)15-17-10-6-4-7-11-17/h4-13H,2-3,14-16H2,1H3.